The molecule has 1 aliphatic carbocycles. The minimum Gasteiger partial charge on any atom is -0.294 e. The summed E-state index contributed by atoms with van der Waals surface area (Å²) in [6.07, 6.45) is 5.46. The lowest BCUT2D eigenvalue weighted by Crippen LogP contribution is -2.40. The van der Waals surface area contributed by atoms with E-state index in [9.17, 15) is 0 Å². The van der Waals surface area contributed by atoms with Crippen molar-refractivity contribution in [3.63, 3.8) is 0 Å². The normalized spacial score (nSPS) is 26.5. The van der Waals surface area contributed by atoms with Crippen LogP contribution in [0.5, 0.6) is 0 Å². The molecule has 3 unspecified atom stereocenters. The highest BCUT2D eigenvalue weighted by Crippen LogP contribution is 2.33. The third-order valence-corrected chi connectivity index (χ3v) is 5.60. The Labute approximate surface area is 119 Å². The van der Waals surface area contributed by atoms with Crippen molar-refractivity contribution in [3.8, 4) is 0 Å². The average Bonchev–Trinajstić information content (AvgIpc) is 2.86. The van der Waals surface area contributed by atoms with E-state index in [0.717, 1.165) is 11.6 Å². The Hall–Kier alpha value is -0.120. The van der Waals surface area contributed by atoms with E-state index in [0.29, 0.717) is 18.0 Å². The minimum absolute atomic E-state index is 0.400. The second kappa shape index (κ2) is 6.36. The molecule has 1 aromatic rings. The van der Waals surface area contributed by atoms with Crippen molar-refractivity contribution in [2.45, 2.75) is 57.5 Å². The fourth-order valence-corrected chi connectivity index (χ4v) is 4.09. The van der Waals surface area contributed by atoms with Crippen LogP contribution < -0.4 is 0 Å². The van der Waals surface area contributed by atoms with Gasteiger partial charge in [0.2, 0.25) is 0 Å². The van der Waals surface area contributed by atoms with E-state index < -0.39 is 0 Å². The Morgan fingerprint density at radius 3 is 2.83 bits per heavy atom. The highest BCUT2D eigenvalue weighted by molar-refractivity contribution is 7.09. The molecule has 1 aromatic heterocycles. The number of hydrogen-bond acceptors (Lipinski definition) is 3. The summed E-state index contributed by atoms with van der Waals surface area (Å²) in [5.41, 5.74) is 1.01. The summed E-state index contributed by atoms with van der Waals surface area (Å²) in [5, 5.41) is 3.28. The molecule has 0 amide bonds. The molecule has 1 saturated carbocycles. The molecule has 2 rings (SSSR count). The van der Waals surface area contributed by atoms with Crippen LogP contribution in [0.15, 0.2) is 5.38 Å². The Morgan fingerprint density at radius 2 is 2.22 bits per heavy atom. The first-order chi connectivity index (χ1) is 8.63. The van der Waals surface area contributed by atoms with Crippen molar-refractivity contribution in [1.29, 1.82) is 0 Å². The topological polar surface area (TPSA) is 16.1 Å². The maximum absolute atomic E-state index is 5.83. The van der Waals surface area contributed by atoms with Crippen LogP contribution in [0, 0.1) is 5.92 Å². The molecule has 0 bridgehead atoms. The van der Waals surface area contributed by atoms with E-state index in [-0.39, 0.29) is 0 Å². The lowest BCUT2D eigenvalue weighted by Gasteiger charge is -2.39. The minimum atomic E-state index is 0.400. The summed E-state index contributed by atoms with van der Waals surface area (Å²) in [4.78, 5) is 7.13. The maximum atomic E-state index is 5.83. The van der Waals surface area contributed by atoms with Gasteiger partial charge in [0, 0.05) is 11.4 Å². The molecule has 2 nitrogen and oxygen atoms in total. The fourth-order valence-electron chi connectivity index (χ4n) is 2.94. The van der Waals surface area contributed by atoms with Gasteiger partial charge in [-0.15, -0.1) is 22.9 Å². The highest BCUT2D eigenvalue weighted by Gasteiger charge is 2.29. The van der Waals surface area contributed by atoms with Gasteiger partial charge < -0.3 is 0 Å². The molecular formula is C14H23ClN2S. The Bertz CT molecular complexity index is 380. The number of hydrogen-bond donors (Lipinski definition) is 0. The van der Waals surface area contributed by atoms with Crippen LogP contribution in [-0.2, 0) is 5.88 Å². The number of rotatable bonds is 4. The van der Waals surface area contributed by atoms with Crippen LogP contribution in [0.25, 0.3) is 0 Å². The fraction of sp³-hybridized carbons (Fsp3) is 0.786. The van der Waals surface area contributed by atoms with Crippen molar-refractivity contribution in [2.24, 2.45) is 5.92 Å². The van der Waals surface area contributed by atoms with E-state index in [1.807, 2.05) is 0 Å². The van der Waals surface area contributed by atoms with Gasteiger partial charge in [0.25, 0.3) is 0 Å². The second-order valence-electron chi connectivity index (χ2n) is 5.48. The lowest BCUT2D eigenvalue weighted by molar-refractivity contribution is 0.103. The van der Waals surface area contributed by atoms with Gasteiger partial charge in [0.15, 0.2) is 0 Å². The summed E-state index contributed by atoms with van der Waals surface area (Å²) in [7, 11) is 2.25. The molecule has 4 heteroatoms. The quantitative estimate of drug-likeness (QED) is 0.760. The summed E-state index contributed by atoms with van der Waals surface area (Å²) >= 11 is 7.57. The van der Waals surface area contributed by atoms with Gasteiger partial charge in [0.1, 0.15) is 5.01 Å². The number of halogens is 1. The van der Waals surface area contributed by atoms with Crippen molar-refractivity contribution >= 4 is 22.9 Å². The van der Waals surface area contributed by atoms with Crippen molar-refractivity contribution in [1.82, 2.24) is 9.88 Å². The summed E-state index contributed by atoms with van der Waals surface area (Å²) in [5.74, 6) is 1.32. The Kier molecular flexibility index (Phi) is 5.05. The molecule has 0 saturated heterocycles. The van der Waals surface area contributed by atoms with Gasteiger partial charge in [-0.1, -0.05) is 19.8 Å². The molecule has 102 valence electrons. The van der Waals surface area contributed by atoms with Gasteiger partial charge in [-0.2, -0.15) is 0 Å². The third kappa shape index (κ3) is 3.06. The summed E-state index contributed by atoms with van der Waals surface area (Å²) < 4.78 is 0. The zero-order valence-corrected chi connectivity index (χ0v) is 13.1. The summed E-state index contributed by atoms with van der Waals surface area (Å²) in [6, 6.07) is 1.11. The van der Waals surface area contributed by atoms with Gasteiger partial charge in [-0.3, -0.25) is 4.90 Å². The van der Waals surface area contributed by atoms with Crippen molar-refractivity contribution in [2.75, 3.05) is 7.05 Å². The number of alkyl halides is 1. The first-order valence-corrected chi connectivity index (χ1v) is 8.27. The zero-order chi connectivity index (χ0) is 13.1. The average molecular weight is 287 g/mol. The van der Waals surface area contributed by atoms with E-state index in [1.54, 1.807) is 11.3 Å². The van der Waals surface area contributed by atoms with Crippen molar-refractivity contribution < 1.29 is 0 Å². The van der Waals surface area contributed by atoms with Crippen LogP contribution in [0.2, 0.25) is 0 Å². The molecule has 0 radical (unpaired) electrons. The van der Waals surface area contributed by atoms with Crippen LogP contribution in [0.4, 0.5) is 0 Å². The lowest BCUT2D eigenvalue weighted by atomic mass is 9.84. The van der Waals surface area contributed by atoms with Crippen LogP contribution in [-0.4, -0.2) is 23.0 Å². The number of aromatic nitrogens is 1. The molecule has 3 atom stereocenters. The molecule has 1 heterocycles. The Balaban J connectivity index is 2.05. The smallest absolute Gasteiger partial charge is 0.110 e. The van der Waals surface area contributed by atoms with Crippen LogP contribution in [0.3, 0.4) is 0 Å². The van der Waals surface area contributed by atoms with Crippen molar-refractivity contribution in [3.05, 3.63) is 16.1 Å². The molecule has 0 N–H and O–H groups in total. The highest BCUT2D eigenvalue weighted by atomic mass is 35.5. The SMILES string of the molecule is CC1CCCCC1N(C)C(C)c1nc(CCl)cs1. The molecular weight excluding hydrogens is 264 g/mol. The Morgan fingerprint density at radius 1 is 1.50 bits per heavy atom. The summed E-state index contributed by atoms with van der Waals surface area (Å²) in [6.45, 7) is 4.65. The van der Waals surface area contributed by atoms with E-state index in [4.69, 9.17) is 11.6 Å². The largest absolute Gasteiger partial charge is 0.294 e. The molecule has 1 fully saturated rings. The van der Waals surface area contributed by atoms with Gasteiger partial charge in [0.05, 0.1) is 17.6 Å². The number of nitrogens with zero attached hydrogens (tertiary/aromatic N) is 2. The van der Waals surface area contributed by atoms with E-state index in [2.05, 4.69) is 36.2 Å². The first kappa shape index (κ1) is 14.3. The van der Waals surface area contributed by atoms with E-state index >= 15 is 0 Å². The molecule has 0 spiro atoms. The number of thiazole rings is 1. The molecule has 18 heavy (non-hydrogen) atoms. The standard InChI is InChI=1S/C14H23ClN2S/c1-10-6-4-5-7-13(10)17(3)11(2)14-16-12(8-15)9-18-14/h9-11,13H,4-8H2,1-3H3. The molecule has 0 aromatic carbocycles. The van der Waals surface area contributed by atoms with Crippen LogP contribution >= 0.6 is 22.9 Å². The van der Waals surface area contributed by atoms with Gasteiger partial charge in [-0.25, -0.2) is 4.98 Å². The van der Waals surface area contributed by atoms with Gasteiger partial charge in [-0.05, 0) is 32.7 Å². The maximum Gasteiger partial charge on any atom is 0.110 e. The van der Waals surface area contributed by atoms with E-state index in [1.165, 1.54) is 30.7 Å². The molecule has 0 aliphatic heterocycles. The van der Waals surface area contributed by atoms with Crippen LogP contribution in [0.1, 0.15) is 56.3 Å². The third-order valence-electron chi connectivity index (χ3n) is 4.26. The predicted molar refractivity (Wildman–Crippen MR) is 79.3 cm³/mol. The van der Waals surface area contributed by atoms with Gasteiger partial charge >= 0.3 is 0 Å². The monoisotopic (exact) mass is 286 g/mol. The zero-order valence-electron chi connectivity index (χ0n) is 11.5. The second-order valence-corrected chi connectivity index (χ2v) is 6.64. The first-order valence-electron chi connectivity index (χ1n) is 6.85. The molecule has 1 aliphatic rings. The predicted octanol–water partition coefficient (Wildman–Crippen LogP) is 4.45.